The van der Waals surface area contributed by atoms with Gasteiger partial charge in [0.1, 0.15) is 9.96 Å². The first-order valence-electron chi connectivity index (χ1n) is 9.78. The summed E-state index contributed by atoms with van der Waals surface area (Å²) in [6, 6.07) is 7.00. The molecule has 12 heteroatoms. The lowest BCUT2D eigenvalue weighted by atomic mass is 10.2. The van der Waals surface area contributed by atoms with Gasteiger partial charge in [-0.3, -0.25) is 5.32 Å². The summed E-state index contributed by atoms with van der Waals surface area (Å²) in [7, 11) is -4.02. The molecule has 0 aliphatic heterocycles. The van der Waals surface area contributed by atoms with Crippen molar-refractivity contribution in [1.82, 2.24) is 9.97 Å². The molecule has 0 saturated carbocycles. The summed E-state index contributed by atoms with van der Waals surface area (Å²) >= 11 is 0.746. The zero-order valence-corrected chi connectivity index (χ0v) is 19.7. The Balaban J connectivity index is 1.72. The van der Waals surface area contributed by atoms with Crippen molar-refractivity contribution >= 4 is 44.0 Å². The molecule has 3 aromatic rings. The minimum atomic E-state index is -4.02. The van der Waals surface area contributed by atoms with E-state index in [0.29, 0.717) is 24.0 Å². The summed E-state index contributed by atoms with van der Waals surface area (Å²) in [5, 5.41) is 13.8. The van der Waals surface area contributed by atoms with Crippen LogP contribution in [0.5, 0.6) is 5.75 Å². The molecule has 0 fully saturated rings. The van der Waals surface area contributed by atoms with Gasteiger partial charge in [0.2, 0.25) is 9.84 Å². The summed E-state index contributed by atoms with van der Waals surface area (Å²) < 4.78 is 31.1. The number of ether oxygens (including phenoxy) is 1. The number of thiazole rings is 1. The molecule has 0 aliphatic rings. The number of anilines is 2. The molecule has 0 bridgehead atoms. The number of aryl methyl sites for hydroxylation is 1. The van der Waals surface area contributed by atoms with Crippen LogP contribution in [0.25, 0.3) is 0 Å². The number of carbonyl (C=O) groups is 2. The normalized spacial score (nSPS) is 11.3. The number of nitrogens with one attached hydrogen (secondary N) is 2. The number of carboxylic acids is 1. The standard InChI is InChI=1S/C21H22N4O6S2/c1-12(2)11-31-16-8-13(3)4-6-15(16)24-20(28)25-21-23-10-18(32-21)33(29,30)17-7-5-14(9-22-17)19(26)27/h4-10,12H,11H2,1-3H3,(H,26,27)(H2,23,24,25,28). The highest BCUT2D eigenvalue weighted by atomic mass is 32.2. The fourth-order valence-corrected chi connectivity index (χ4v) is 4.88. The van der Waals surface area contributed by atoms with Gasteiger partial charge in [-0.1, -0.05) is 31.3 Å². The molecule has 0 aliphatic carbocycles. The van der Waals surface area contributed by atoms with Crippen molar-refractivity contribution in [3.05, 3.63) is 53.9 Å². The van der Waals surface area contributed by atoms with Gasteiger partial charge in [0.25, 0.3) is 0 Å². The number of aromatic carboxylic acids is 1. The van der Waals surface area contributed by atoms with Crippen molar-refractivity contribution < 1.29 is 27.9 Å². The summed E-state index contributed by atoms with van der Waals surface area (Å²) in [5.41, 5.74) is 1.30. The molecule has 2 heterocycles. The predicted octanol–water partition coefficient (Wildman–Crippen LogP) is 4.06. The smallest absolute Gasteiger partial charge is 0.337 e. The van der Waals surface area contributed by atoms with Crippen LogP contribution in [0.1, 0.15) is 29.8 Å². The number of aromatic nitrogens is 2. The number of carbonyl (C=O) groups excluding carboxylic acids is 1. The van der Waals surface area contributed by atoms with E-state index in [4.69, 9.17) is 9.84 Å². The lowest BCUT2D eigenvalue weighted by Crippen LogP contribution is -2.20. The number of benzene rings is 1. The molecular formula is C21H22N4O6S2. The Hall–Kier alpha value is -3.51. The van der Waals surface area contributed by atoms with E-state index in [-0.39, 0.29) is 19.9 Å². The Bertz CT molecular complexity index is 1270. The molecule has 0 radical (unpaired) electrons. The zero-order valence-electron chi connectivity index (χ0n) is 18.0. The van der Waals surface area contributed by atoms with Crippen molar-refractivity contribution in [3.8, 4) is 5.75 Å². The number of urea groups is 1. The molecule has 2 amide bonds. The molecule has 0 spiro atoms. The van der Waals surface area contributed by atoms with Crippen molar-refractivity contribution in [2.75, 3.05) is 17.2 Å². The van der Waals surface area contributed by atoms with Gasteiger partial charge in [0, 0.05) is 6.20 Å². The highest BCUT2D eigenvalue weighted by Crippen LogP contribution is 2.29. The van der Waals surface area contributed by atoms with Gasteiger partial charge < -0.3 is 15.2 Å². The van der Waals surface area contributed by atoms with Crippen molar-refractivity contribution in [3.63, 3.8) is 0 Å². The summed E-state index contributed by atoms with van der Waals surface area (Å²) in [6.07, 6.45) is 2.06. The first-order chi connectivity index (χ1) is 15.6. The van der Waals surface area contributed by atoms with Crippen LogP contribution >= 0.6 is 11.3 Å². The Morgan fingerprint density at radius 3 is 2.52 bits per heavy atom. The van der Waals surface area contributed by atoms with Crippen molar-refractivity contribution in [2.45, 2.75) is 30.0 Å². The second kappa shape index (κ2) is 9.96. The van der Waals surface area contributed by atoms with Gasteiger partial charge in [-0.25, -0.2) is 28.0 Å². The van der Waals surface area contributed by atoms with E-state index in [9.17, 15) is 18.0 Å². The van der Waals surface area contributed by atoms with Gasteiger partial charge in [-0.15, -0.1) is 0 Å². The highest BCUT2D eigenvalue weighted by molar-refractivity contribution is 7.93. The molecular weight excluding hydrogens is 468 g/mol. The number of rotatable bonds is 8. The van der Waals surface area contributed by atoms with E-state index in [1.54, 1.807) is 6.07 Å². The first kappa shape index (κ1) is 24.1. The third-order valence-corrected chi connectivity index (χ3v) is 7.23. The van der Waals surface area contributed by atoms with Gasteiger partial charge >= 0.3 is 12.0 Å². The molecule has 33 heavy (non-hydrogen) atoms. The fraction of sp³-hybridized carbons (Fsp3) is 0.238. The average Bonchev–Trinajstić information content (AvgIpc) is 3.23. The second-order valence-corrected chi connectivity index (χ2v) is 10.6. The topological polar surface area (TPSA) is 148 Å². The quantitative estimate of drug-likeness (QED) is 0.428. The van der Waals surface area contributed by atoms with Crippen LogP contribution < -0.4 is 15.4 Å². The molecule has 10 nitrogen and oxygen atoms in total. The first-order valence-corrected chi connectivity index (χ1v) is 12.1. The minimum absolute atomic E-state index is 0.0602. The molecule has 1 aromatic carbocycles. The number of amides is 2. The van der Waals surface area contributed by atoms with Crippen LogP contribution in [-0.2, 0) is 9.84 Å². The van der Waals surface area contributed by atoms with Gasteiger partial charge in [0.15, 0.2) is 10.2 Å². The number of carboxylic acid groups (broad SMARTS) is 1. The molecule has 3 N–H and O–H groups in total. The molecule has 174 valence electrons. The summed E-state index contributed by atoms with van der Waals surface area (Å²) in [6.45, 7) is 6.42. The van der Waals surface area contributed by atoms with E-state index in [1.807, 2.05) is 32.9 Å². The summed E-state index contributed by atoms with van der Waals surface area (Å²) in [4.78, 5) is 31.0. The number of hydrogen-bond acceptors (Lipinski definition) is 8. The largest absolute Gasteiger partial charge is 0.491 e. The molecule has 0 unspecified atom stereocenters. The maximum absolute atomic E-state index is 12.7. The van der Waals surface area contributed by atoms with Crippen LogP contribution in [0.2, 0.25) is 0 Å². The Kier molecular flexibility index (Phi) is 7.29. The Morgan fingerprint density at radius 2 is 1.88 bits per heavy atom. The van der Waals surface area contributed by atoms with Crippen LogP contribution in [0.3, 0.4) is 0 Å². The van der Waals surface area contributed by atoms with E-state index >= 15 is 0 Å². The van der Waals surface area contributed by atoms with Gasteiger partial charge in [-0.2, -0.15) is 0 Å². The molecule has 3 rings (SSSR count). The van der Waals surface area contributed by atoms with E-state index < -0.39 is 21.8 Å². The Morgan fingerprint density at radius 1 is 1.12 bits per heavy atom. The average molecular weight is 491 g/mol. The maximum atomic E-state index is 12.7. The number of hydrogen-bond donors (Lipinski definition) is 3. The highest BCUT2D eigenvalue weighted by Gasteiger charge is 2.23. The fourth-order valence-electron chi connectivity index (χ4n) is 2.57. The minimum Gasteiger partial charge on any atom is -0.491 e. The van der Waals surface area contributed by atoms with Crippen LogP contribution in [0, 0.1) is 12.8 Å². The van der Waals surface area contributed by atoms with Crippen LogP contribution in [0.15, 0.2) is 52.0 Å². The molecule has 0 saturated heterocycles. The third kappa shape index (κ3) is 6.05. The number of sulfone groups is 1. The molecule has 0 atom stereocenters. The van der Waals surface area contributed by atoms with E-state index in [2.05, 4.69) is 20.6 Å². The van der Waals surface area contributed by atoms with E-state index in [1.165, 1.54) is 0 Å². The monoisotopic (exact) mass is 490 g/mol. The molecule has 2 aromatic heterocycles. The maximum Gasteiger partial charge on any atom is 0.337 e. The lowest BCUT2D eigenvalue weighted by molar-refractivity contribution is 0.0696. The number of nitrogens with zero attached hydrogens (tertiary/aromatic N) is 2. The number of pyridine rings is 1. The predicted molar refractivity (Wildman–Crippen MR) is 123 cm³/mol. The lowest BCUT2D eigenvalue weighted by Gasteiger charge is -2.14. The van der Waals surface area contributed by atoms with Crippen LogP contribution in [-0.4, -0.2) is 42.1 Å². The summed E-state index contributed by atoms with van der Waals surface area (Å²) in [5.74, 6) is -0.386. The van der Waals surface area contributed by atoms with Gasteiger partial charge in [0.05, 0.1) is 24.1 Å². The Labute approximate surface area is 194 Å². The van der Waals surface area contributed by atoms with Crippen molar-refractivity contribution in [1.29, 1.82) is 0 Å². The van der Waals surface area contributed by atoms with Gasteiger partial charge in [-0.05, 0) is 42.7 Å². The SMILES string of the molecule is Cc1ccc(NC(=O)Nc2ncc(S(=O)(=O)c3ccc(C(=O)O)cn3)s2)c(OCC(C)C)c1. The zero-order chi connectivity index (χ0) is 24.2. The second-order valence-electron chi connectivity index (χ2n) is 7.46. The van der Waals surface area contributed by atoms with Crippen molar-refractivity contribution in [2.24, 2.45) is 5.92 Å². The van der Waals surface area contributed by atoms with Crippen LogP contribution in [0.4, 0.5) is 15.6 Å². The van der Waals surface area contributed by atoms with E-state index in [0.717, 1.165) is 41.4 Å². The third-order valence-electron chi connectivity index (χ3n) is 4.19.